The van der Waals surface area contributed by atoms with Crippen LogP contribution < -0.4 is 16.4 Å². The van der Waals surface area contributed by atoms with Gasteiger partial charge in [-0.1, -0.05) is 0 Å². The molecule has 17 heavy (non-hydrogen) atoms. The highest BCUT2D eigenvalue weighted by atomic mass is 16.2. The molecule has 2 rings (SSSR count). The summed E-state index contributed by atoms with van der Waals surface area (Å²) in [7, 11) is 0. The van der Waals surface area contributed by atoms with Gasteiger partial charge in [-0.3, -0.25) is 4.79 Å². The first-order chi connectivity index (χ1) is 8.08. The SMILES string of the molecule is CC(N)CCN1C(=O)CCc2cc(N)ccc21. The summed E-state index contributed by atoms with van der Waals surface area (Å²) < 4.78 is 0. The third-order valence-electron chi connectivity index (χ3n) is 3.11. The number of hydrogen-bond acceptors (Lipinski definition) is 3. The molecule has 0 saturated heterocycles. The topological polar surface area (TPSA) is 72.3 Å². The molecule has 1 unspecified atom stereocenters. The van der Waals surface area contributed by atoms with Gasteiger partial charge in [0.05, 0.1) is 0 Å². The van der Waals surface area contributed by atoms with Gasteiger partial charge in [-0.25, -0.2) is 0 Å². The number of fused-ring (bicyclic) bond motifs is 1. The van der Waals surface area contributed by atoms with Crippen molar-refractivity contribution in [3.63, 3.8) is 0 Å². The molecule has 4 nitrogen and oxygen atoms in total. The maximum Gasteiger partial charge on any atom is 0.227 e. The van der Waals surface area contributed by atoms with E-state index in [2.05, 4.69) is 0 Å². The number of anilines is 2. The molecule has 92 valence electrons. The van der Waals surface area contributed by atoms with Crippen LogP contribution in [0.25, 0.3) is 0 Å². The van der Waals surface area contributed by atoms with E-state index in [1.54, 1.807) is 0 Å². The zero-order valence-electron chi connectivity index (χ0n) is 10.1. The highest BCUT2D eigenvalue weighted by Crippen LogP contribution is 2.29. The Bertz CT molecular complexity index is 429. The molecule has 0 aliphatic carbocycles. The predicted molar refractivity (Wildman–Crippen MR) is 69.8 cm³/mol. The molecule has 0 fully saturated rings. The van der Waals surface area contributed by atoms with Crippen LogP contribution >= 0.6 is 0 Å². The molecule has 1 amide bonds. The van der Waals surface area contributed by atoms with Gasteiger partial charge in [-0.15, -0.1) is 0 Å². The van der Waals surface area contributed by atoms with Crippen LogP contribution in [0.1, 0.15) is 25.3 Å². The molecule has 1 atom stereocenters. The molecule has 0 saturated carbocycles. The van der Waals surface area contributed by atoms with Crippen molar-refractivity contribution in [2.75, 3.05) is 17.2 Å². The van der Waals surface area contributed by atoms with Crippen molar-refractivity contribution in [1.29, 1.82) is 0 Å². The smallest absolute Gasteiger partial charge is 0.227 e. The molecule has 0 radical (unpaired) electrons. The number of carbonyl (C=O) groups excluding carboxylic acids is 1. The number of nitrogens with zero attached hydrogens (tertiary/aromatic N) is 1. The van der Waals surface area contributed by atoms with E-state index < -0.39 is 0 Å². The zero-order chi connectivity index (χ0) is 12.4. The number of rotatable bonds is 3. The molecular formula is C13H19N3O. The van der Waals surface area contributed by atoms with Crippen molar-refractivity contribution in [3.8, 4) is 0 Å². The minimum absolute atomic E-state index is 0.113. The van der Waals surface area contributed by atoms with Crippen molar-refractivity contribution < 1.29 is 4.79 Å². The Morgan fingerprint density at radius 2 is 2.18 bits per heavy atom. The molecule has 0 spiro atoms. The largest absolute Gasteiger partial charge is 0.399 e. The van der Waals surface area contributed by atoms with Gasteiger partial charge in [0, 0.05) is 30.4 Å². The normalized spacial score (nSPS) is 16.8. The molecule has 4 N–H and O–H groups in total. The first-order valence-electron chi connectivity index (χ1n) is 6.02. The first kappa shape index (κ1) is 11.9. The second-order valence-corrected chi connectivity index (χ2v) is 4.70. The fourth-order valence-corrected chi connectivity index (χ4v) is 2.16. The van der Waals surface area contributed by atoms with Gasteiger partial charge >= 0.3 is 0 Å². The zero-order valence-corrected chi connectivity index (χ0v) is 10.1. The summed E-state index contributed by atoms with van der Waals surface area (Å²) >= 11 is 0. The van der Waals surface area contributed by atoms with Crippen molar-refractivity contribution in [2.24, 2.45) is 5.73 Å². The maximum absolute atomic E-state index is 11.9. The standard InChI is InChI=1S/C13H19N3O/c1-9(14)6-7-16-12-4-3-11(15)8-10(12)2-5-13(16)17/h3-4,8-9H,2,5-7,14-15H2,1H3. The van der Waals surface area contributed by atoms with E-state index in [-0.39, 0.29) is 11.9 Å². The highest BCUT2D eigenvalue weighted by Gasteiger charge is 2.23. The lowest BCUT2D eigenvalue weighted by molar-refractivity contribution is -0.118. The van der Waals surface area contributed by atoms with Crippen LogP contribution in [0.2, 0.25) is 0 Å². The molecular weight excluding hydrogens is 214 g/mol. The molecule has 1 aromatic rings. The fourth-order valence-electron chi connectivity index (χ4n) is 2.16. The number of amides is 1. The van der Waals surface area contributed by atoms with Crippen LogP contribution in [0.3, 0.4) is 0 Å². The molecule has 0 aromatic heterocycles. The summed E-state index contributed by atoms with van der Waals surface area (Å²) in [5, 5.41) is 0. The van der Waals surface area contributed by atoms with E-state index in [4.69, 9.17) is 11.5 Å². The van der Waals surface area contributed by atoms with Crippen LogP contribution in [-0.2, 0) is 11.2 Å². The van der Waals surface area contributed by atoms with E-state index in [0.717, 1.165) is 29.8 Å². The van der Waals surface area contributed by atoms with E-state index in [1.165, 1.54) is 0 Å². The van der Waals surface area contributed by atoms with Gasteiger partial charge < -0.3 is 16.4 Å². The molecule has 0 bridgehead atoms. The fraction of sp³-hybridized carbons (Fsp3) is 0.462. The van der Waals surface area contributed by atoms with Crippen LogP contribution in [-0.4, -0.2) is 18.5 Å². The van der Waals surface area contributed by atoms with Crippen LogP contribution in [0.15, 0.2) is 18.2 Å². The lowest BCUT2D eigenvalue weighted by Crippen LogP contribution is -2.37. The predicted octanol–water partition coefficient (Wildman–Crippen LogP) is 1.29. The highest BCUT2D eigenvalue weighted by molar-refractivity contribution is 5.96. The number of aryl methyl sites for hydroxylation is 1. The number of nitrogen functional groups attached to an aromatic ring is 1. The molecule has 4 heteroatoms. The Balaban J connectivity index is 2.24. The van der Waals surface area contributed by atoms with Gasteiger partial charge in [0.2, 0.25) is 5.91 Å². The Morgan fingerprint density at radius 1 is 1.41 bits per heavy atom. The van der Waals surface area contributed by atoms with Crippen molar-refractivity contribution in [2.45, 2.75) is 32.2 Å². The number of nitrogens with two attached hydrogens (primary N) is 2. The van der Waals surface area contributed by atoms with Crippen molar-refractivity contribution in [1.82, 2.24) is 0 Å². The average molecular weight is 233 g/mol. The lowest BCUT2D eigenvalue weighted by atomic mass is 10.00. The second kappa shape index (κ2) is 4.75. The molecule has 1 heterocycles. The van der Waals surface area contributed by atoms with Gasteiger partial charge in [-0.05, 0) is 43.5 Å². The van der Waals surface area contributed by atoms with Crippen LogP contribution in [0, 0.1) is 0 Å². The van der Waals surface area contributed by atoms with E-state index >= 15 is 0 Å². The molecule has 1 aliphatic rings. The molecule has 1 aliphatic heterocycles. The van der Waals surface area contributed by atoms with Crippen molar-refractivity contribution in [3.05, 3.63) is 23.8 Å². The van der Waals surface area contributed by atoms with E-state index in [9.17, 15) is 4.79 Å². The first-order valence-corrected chi connectivity index (χ1v) is 6.02. The van der Waals surface area contributed by atoms with Crippen LogP contribution in [0.5, 0.6) is 0 Å². The minimum Gasteiger partial charge on any atom is -0.399 e. The summed E-state index contributed by atoms with van der Waals surface area (Å²) in [6, 6.07) is 5.85. The second-order valence-electron chi connectivity index (χ2n) is 4.70. The van der Waals surface area contributed by atoms with Gasteiger partial charge in [0.25, 0.3) is 0 Å². The van der Waals surface area contributed by atoms with Crippen LogP contribution in [0.4, 0.5) is 11.4 Å². The van der Waals surface area contributed by atoms with Gasteiger partial charge in [0.15, 0.2) is 0 Å². The summed E-state index contributed by atoms with van der Waals surface area (Å²) in [6.45, 7) is 2.64. The summed E-state index contributed by atoms with van der Waals surface area (Å²) in [4.78, 5) is 13.7. The summed E-state index contributed by atoms with van der Waals surface area (Å²) in [5.41, 5.74) is 14.4. The Hall–Kier alpha value is -1.55. The average Bonchev–Trinajstić information content (AvgIpc) is 2.27. The summed E-state index contributed by atoms with van der Waals surface area (Å²) in [5.74, 6) is 0.183. The molecule has 1 aromatic carbocycles. The van der Waals surface area contributed by atoms with Crippen molar-refractivity contribution >= 4 is 17.3 Å². The quantitative estimate of drug-likeness (QED) is 0.773. The Kier molecular flexibility index (Phi) is 3.33. The maximum atomic E-state index is 11.9. The minimum atomic E-state index is 0.113. The third-order valence-corrected chi connectivity index (χ3v) is 3.11. The number of hydrogen-bond donors (Lipinski definition) is 2. The Labute approximate surface area is 102 Å². The van der Waals surface area contributed by atoms with Gasteiger partial charge in [-0.2, -0.15) is 0 Å². The van der Waals surface area contributed by atoms with Gasteiger partial charge in [0.1, 0.15) is 0 Å². The van der Waals surface area contributed by atoms with E-state index in [0.29, 0.717) is 13.0 Å². The summed E-state index contributed by atoms with van der Waals surface area (Å²) in [6.07, 6.45) is 2.17. The number of carbonyl (C=O) groups is 1. The number of benzene rings is 1. The van der Waals surface area contributed by atoms with E-state index in [1.807, 2.05) is 30.0 Å². The third kappa shape index (κ3) is 2.58. The Morgan fingerprint density at radius 3 is 2.88 bits per heavy atom. The monoisotopic (exact) mass is 233 g/mol. The lowest BCUT2D eigenvalue weighted by Gasteiger charge is -2.30.